The minimum absolute atomic E-state index is 0.0587. The molecular formula is C17H32N4O6S. The second-order valence-electron chi connectivity index (χ2n) is 7.40. The van der Waals surface area contributed by atoms with Crippen molar-refractivity contribution in [3.63, 3.8) is 0 Å². The standard InChI is InChI=1S/C17H32N4O6S/c1-17(2,3)14(24)12(9-28-10-18-16(26)27-6)20-15(25)11(8-22)19-13(23)7-21(4)5/h11-12,22H,7-10H2,1-6H3,(H,18,26)(H,19,23)(H,20,25)/t11-,12-/m0/s1. The van der Waals surface area contributed by atoms with Gasteiger partial charge in [-0.25, -0.2) is 4.79 Å². The second-order valence-corrected chi connectivity index (χ2v) is 8.43. The molecule has 0 unspecified atom stereocenters. The molecule has 0 aromatic rings. The average Bonchev–Trinajstić information content (AvgIpc) is 2.59. The molecule has 0 radical (unpaired) electrons. The maximum Gasteiger partial charge on any atom is 0.407 e. The molecule has 10 nitrogen and oxygen atoms in total. The predicted molar refractivity (Wildman–Crippen MR) is 107 cm³/mol. The molecule has 11 heteroatoms. The SMILES string of the molecule is COC(=O)NCSC[C@H](NC(=O)[C@H](CO)NC(=O)CN(C)C)C(=O)C(C)(C)C. The summed E-state index contributed by atoms with van der Waals surface area (Å²) in [5.74, 6) is -0.884. The molecule has 0 aromatic carbocycles. The molecule has 3 amide bonds. The normalized spacial score (nSPS) is 13.4. The number of thioether (sulfide) groups is 1. The molecule has 0 aliphatic rings. The first-order valence-electron chi connectivity index (χ1n) is 8.71. The summed E-state index contributed by atoms with van der Waals surface area (Å²) in [6.07, 6.45) is -0.598. The highest BCUT2D eigenvalue weighted by atomic mass is 32.2. The molecule has 0 saturated heterocycles. The van der Waals surface area contributed by atoms with Crippen LogP contribution in [0.5, 0.6) is 0 Å². The van der Waals surface area contributed by atoms with Gasteiger partial charge in [-0.1, -0.05) is 20.8 Å². The van der Waals surface area contributed by atoms with Crippen LogP contribution in [-0.2, 0) is 19.1 Å². The fourth-order valence-corrected chi connectivity index (χ4v) is 2.87. The van der Waals surface area contributed by atoms with E-state index in [9.17, 15) is 24.3 Å². The highest BCUT2D eigenvalue weighted by Gasteiger charge is 2.32. The molecule has 0 fully saturated rings. The number of hydrogen-bond acceptors (Lipinski definition) is 8. The Kier molecular flexibility index (Phi) is 11.7. The van der Waals surface area contributed by atoms with E-state index in [2.05, 4.69) is 20.7 Å². The zero-order valence-corrected chi connectivity index (χ0v) is 18.1. The first kappa shape index (κ1) is 26.1. The molecule has 2 atom stereocenters. The number of nitrogens with zero attached hydrogens (tertiary/aromatic N) is 1. The van der Waals surface area contributed by atoms with Gasteiger partial charge in [0.15, 0.2) is 5.78 Å². The van der Waals surface area contributed by atoms with E-state index in [1.165, 1.54) is 18.9 Å². The van der Waals surface area contributed by atoms with Crippen LogP contribution in [0.15, 0.2) is 0 Å². The fourth-order valence-electron chi connectivity index (χ4n) is 2.06. The number of alkyl carbamates (subject to hydrolysis) is 1. The number of ether oxygens (including phenoxy) is 1. The van der Waals surface area contributed by atoms with Crippen molar-refractivity contribution in [2.45, 2.75) is 32.9 Å². The van der Waals surface area contributed by atoms with Gasteiger partial charge in [-0.2, -0.15) is 0 Å². The van der Waals surface area contributed by atoms with Gasteiger partial charge in [0.05, 0.1) is 32.2 Å². The Morgan fingerprint density at radius 2 is 1.71 bits per heavy atom. The van der Waals surface area contributed by atoms with Gasteiger partial charge in [-0.05, 0) is 14.1 Å². The van der Waals surface area contributed by atoms with E-state index < -0.39 is 42.0 Å². The van der Waals surface area contributed by atoms with Crippen LogP contribution in [-0.4, -0.2) is 91.8 Å². The van der Waals surface area contributed by atoms with Gasteiger partial charge in [-0.3, -0.25) is 14.4 Å². The number of carbonyl (C=O) groups is 4. The molecule has 0 saturated carbocycles. The van der Waals surface area contributed by atoms with Gasteiger partial charge in [-0.15, -0.1) is 11.8 Å². The largest absolute Gasteiger partial charge is 0.453 e. The number of methoxy groups -OCH3 is 1. The quantitative estimate of drug-likeness (QED) is 0.251. The topological polar surface area (TPSA) is 137 Å². The van der Waals surface area contributed by atoms with Crippen LogP contribution in [0.2, 0.25) is 0 Å². The van der Waals surface area contributed by atoms with Gasteiger partial charge in [0.2, 0.25) is 11.8 Å². The number of Topliss-reactive ketones (excluding diaryl/α,β-unsaturated/α-hetero) is 1. The molecule has 0 rings (SSSR count). The molecule has 0 aromatic heterocycles. The lowest BCUT2D eigenvalue weighted by atomic mass is 9.87. The summed E-state index contributed by atoms with van der Waals surface area (Å²) in [6.45, 7) is 4.65. The van der Waals surface area contributed by atoms with Crippen LogP contribution < -0.4 is 16.0 Å². The Balaban J connectivity index is 4.98. The highest BCUT2D eigenvalue weighted by Crippen LogP contribution is 2.19. The average molecular weight is 421 g/mol. The van der Waals surface area contributed by atoms with Crippen molar-refractivity contribution in [3.05, 3.63) is 0 Å². The van der Waals surface area contributed by atoms with Crippen LogP contribution >= 0.6 is 11.8 Å². The molecule has 162 valence electrons. The van der Waals surface area contributed by atoms with Crippen molar-refractivity contribution < 1.29 is 29.0 Å². The number of rotatable bonds is 11. The third-order valence-corrected chi connectivity index (χ3v) is 4.37. The third-order valence-electron chi connectivity index (χ3n) is 3.45. The molecule has 0 heterocycles. The summed E-state index contributed by atoms with van der Waals surface area (Å²) in [4.78, 5) is 49.7. The summed E-state index contributed by atoms with van der Waals surface area (Å²) in [6, 6.07) is -2.02. The molecular weight excluding hydrogens is 388 g/mol. The number of carbonyl (C=O) groups excluding carboxylic acids is 4. The van der Waals surface area contributed by atoms with Crippen LogP contribution in [0.4, 0.5) is 4.79 Å². The zero-order valence-electron chi connectivity index (χ0n) is 17.3. The van der Waals surface area contributed by atoms with Gasteiger partial charge in [0, 0.05) is 11.2 Å². The van der Waals surface area contributed by atoms with Crippen LogP contribution in [0.1, 0.15) is 20.8 Å². The Morgan fingerprint density at radius 1 is 1.11 bits per heavy atom. The van der Waals surface area contributed by atoms with Gasteiger partial charge < -0.3 is 30.7 Å². The predicted octanol–water partition coefficient (Wildman–Crippen LogP) is -0.828. The van der Waals surface area contributed by atoms with Crippen LogP contribution in [0.3, 0.4) is 0 Å². The minimum atomic E-state index is -1.17. The maximum atomic E-state index is 12.7. The molecule has 0 aliphatic carbocycles. The van der Waals surface area contributed by atoms with Crippen molar-refractivity contribution in [1.82, 2.24) is 20.9 Å². The van der Waals surface area contributed by atoms with E-state index in [-0.39, 0.29) is 24.0 Å². The monoisotopic (exact) mass is 420 g/mol. The first-order chi connectivity index (χ1) is 12.9. The summed E-state index contributed by atoms with van der Waals surface area (Å²) in [5.41, 5.74) is -0.711. The molecule has 0 bridgehead atoms. The third kappa shape index (κ3) is 10.5. The van der Waals surface area contributed by atoms with Gasteiger partial charge in [0.25, 0.3) is 0 Å². The number of nitrogens with one attached hydrogen (secondary N) is 3. The smallest absolute Gasteiger partial charge is 0.407 e. The number of aliphatic hydroxyl groups excluding tert-OH is 1. The summed E-state index contributed by atoms with van der Waals surface area (Å²) in [7, 11) is 4.64. The maximum absolute atomic E-state index is 12.7. The number of hydrogen-bond donors (Lipinski definition) is 4. The van der Waals surface area contributed by atoms with E-state index in [0.717, 1.165) is 0 Å². The lowest BCUT2D eigenvalue weighted by molar-refractivity contribution is -0.134. The Morgan fingerprint density at radius 3 is 2.18 bits per heavy atom. The summed E-state index contributed by atoms with van der Waals surface area (Å²) in [5, 5.41) is 17.0. The molecule has 28 heavy (non-hydrogen) atoms. The lowest BCUT2D eigenvalue weighted by Crippen LogP contribution is -2.56. The number of likely N-dealkylation sites (N-methyl/N-ethyl adjacent to an activating group) is 1. The van der Waals surface area contributed by atoms with E-state index in [4.69, 9.17) is 0 Å². The first-order valence-corrected chi connectivity index (χ1v) is 9.87. The van der Waals surface area contributed by atoms with Gasteiger partial charge >= 0.3 is 6.09 Å². The Hall–Kier alpha value is -1.85. The Bertz CT molecular complexity index is 550. The zero-order chi connectivity index (χ0) is 21.9. The molecule has 0 spiro atoms. The van der Waals surface area contributed by atoms with E-state index in [1.54, 1.807) is 39.8 Å². The van der Waals surface area contributed by atoms with Crippen LogP contribution in [0, 0.1) is 5.41 Å². The van der Waals surface area contributed by atoms with E-state index in [1.807, 2.05) is 0 Å². The number of aliphatic hydroxyl groups is 1. The highest BCUT2D eigenvalue weighted by molar-refractivity contribution is 7.99. The summed E-state index contributed by atoms with van der Waals surface area (Å²) >= 11 is 1.23. The number of ketones is 1. The second kappa shape index (κ2) is 12.6. The minimum Gasteiger partial charge on any atom is -0.453 e. The summed E-state index contributed by atoms with van der Waals surface area (Å²) < 4.78 is 4.46. The Labute approximate surface area is 170 Å². The van der Waals surface area contributed by atoms with Crippen molar-refractivity contribution in [3.8, 4) is 0 Å². The fraction of sp³-hybridized carbons (Fsp3) is 0.765. The van der Waals surface area contributed by atoms with Crippen LogP contribution in [0.25, 0.3) is 0 Å². The number of amides is 3. The van der Waals surface area contributed by atoms with E-state index >= 15 is 0 Å². The van der Waals surface area contributed by atoms with Gasteiger partial charge in [0.1, 0.15) is 6.04 Å². The van der Waals surface area contributed by atoms with Crippen molar-refractivity contribution in [2.24, 2.45) is 5.41 Å². The van der Waals surface area contributed by atoms with E-state index in [0.29, 0.717) is 0 Å². The van der Waals surface area contributed by atoms with Crippen molar-refractivity contribution >= 4 is 35.5 Å². The van der Waals surface area contributed by atoms with Crippen molar-refractivity contribution in [1.29, 1.82) is 0 Å². The lowest BCUT2D eigenvalue weighted by Gasteiger charge is -2.27. The van der Waals surface area contributed by atoms with Crippen molar-refractivity contribution in [2.75, 3.05) is 46.0 Å². The molecule has 4 N–H and O–H groups in total. The molecule has 0 aliphatic heterocycles.